The Balaban J connectivity index is 1.40. The molecule has 6 nitrogen and oxygen atoms in total. The standard InChI is InChI=1S/C21H26FN3O3S/c22-20-9-5-4-8-19(20)10-11-23-21(26)16-24-12-14-25(15-13-24)29(27,28)17-18-6-2-1-3-7-18/h1-9H,10-17H2,(H,23,26)/p+1. The van der Waals surface area contributed by atoms with Crippen molar-refractivity contribution in [3.05, 3.63) is 71.5 Å². The van der Waals surface area contributed by atoms with Gasteiger partial charge in [-0.05, 0) is 23.6 Å². The minimum Gasteiger partial charge on any atom is -0.351 e. The van der Waals surface area contributed by atoms with Crippen molar-refractivity contribution >= 4 is 15.9 Å². The second-order valence-corrected chi connectivity index (χ2v) is 9.23. The first-order chi connectivity index (χ1) is 13.9. The highest BCUT2D eigenvalue weighted by molar-refractivity contribution is 7.88. The third kappa shape index (κ3) is 6.35. The molecular weight excluding hydrogens is 393 g/mol. The number of rotatable bonds is 8. The van der Waals surface area contributed by atoms with Gasteiger partial charge >= 0.3 is 0 Å². The van der Waals surface area contributed by atoms with Crippen LogP contribution in [0.3, 0.4) is 0 Å². The Morgan fingerprint density at radius 1 is 1.03 bits per heavy atom. The van der Waals surface area contributed by atoms with E-state index in [0.717, 1.165) is 10.5 Å². The first-order valence-electron chi connectivity index (χ1n) is 9.79. The molecule has 1 aliphatic heterocycles. The van der Waals surface area contributed by atoms with Crippen LogP contribution < -0.4 is 10.2 Å². The molecule has 8 heteroatoms. The molecule has 0 bridgehead atoms. The molecule has 2 aromatic carbocycles. The highest BCUT2D eigenvalue weighted by Crippen LogP contribution is 2.10. The van der Waals surface area contributed by atoms with Crippen molar-refractivity contribution in [1.29, 1.82) is 0 Å². The number of sulfonamides is 1. The van der Waals surface area contributed by atoms with Crippen LogP contribution in [-0.2, 0) is 27.0 Å². The number of nitrogens with zero attached hydrogens (tertiary/aromatic N) is 1. The first-order valence-corrected chi connectivity index (χ1v) is 11.4. The fraction of sp³-hybridized carbons (Fsp3) is 0.381. The van der Waals surface area contributed by atoms with Crippen molar-refractivity contribution in [2.45, 2.75) is 12.2 Å². The number of carbonyl (C=O) groups is 1. The Morgan fingerprint density at radius 2 is 1.69 bits per heavy atom. The number of hydrogen-bond donors (Lipinski definition) is 2. The van der Waals surface area contributed by atoms with Crippen molar-refractivity contribution < 1.29 is 22.5 Å². The van der Waals surface area contributed by atoms with Crippen LogP contribution in [0, 0.1) is 5.82 Å². The van der Waals surface area contributed by atoms with Gasteiger partial charge in [0.1, 0.15) is 5.82 Å². The number of halogens is 1. The molecule has 0 aliphatic carbocycles. The largest absolute Gasteiger partial charge is 0.351 e. The highest BCUT2D eigenvalue weighted by atomic mass is 32.2. The van der Waals surface area contributed by atoms with Gasteiger partial charge in [0.15, 0.2) is 6.54 Å². The van der Waals surface area contributed by atoms with E-state index in [-0.39, 0.29) is 17.5 Å². The number of amides is 1. The summed E-state index contributed by atoms with van der Waals surface area (Å²) < 4.78 is 40.3. The summed E-state index contributed by atoms with van der Waals surface area (Å²) in [6.07, 6.45) is 0.444. The first kappa shape index (κ1) is 21.4. The van der Waals surface area contributed by atoms with E-state index in [2.05, 4.69) is 5.32 Å². The fourth-order valence-corrected chi connectivity index (χ4v) is 5.00. The second-order valence-electron chi connectivity index (χ2n) is 7.26. The van der Waals surface area contributed by atoms with Gasteiger partial charge in [-0.3, -0.25) is 4.79 Å². The van der Waals surface area contributed by atoms with Gasteiger partial charge in [0.05, 0.1) is 31.9 Å². The summed E-state index contributed by atoms with van der Waals surface area (Å²) in [4.78, 5) is 13.2. The minimum atomic E-state index is -3.35. The van der Waals surface area contributed by atoms with Crippen LogP contribution >= 0.6 is 0 Å². The van der Waals surface area contributed by atoms with Crippen LogP contribution in [0.4, 0.5) is 4.39 Å². The molecule has 0 unspecified atom stereocenters. The summed E-state index contributed by atoms with van der Waals surface area (Å²) in [6, 6.07) is 15.7. The Labute approximate surface area is 171 Å². The van der Waals surface area contributed by atoms with E-state index in [1.807, 2.05) is 30.3 Å². The van der Waals surface area contributed by atoms with E-state index in [9.17, 15) is 17.6 Å². The Hall–Kier alpha value is -2.29. The molecule has 1 fully saturated rings. The van der Waals surface area contributed by atoms with Gasteiger partial charge < -0.3 is 10.2 Å². The third-order valence-corrected chi connectivity index (χ3v) is 6.95. The maximum Gasteiger partial charge on any atom is 0.275 e. The Morgan fingerprint density at radius 3 is 2.38 bits per heavy atom. The molecule has 2 aromatic rings. The summed E-state index contributed by atoms with van der Waals surface area (Å²) >= 11 is 0. The predicted molar refractivity (Wildman–Crippen MR) is 109 cm³/mol. The zero-order valence-electron chi connectivity index (χ0n) is 16.3. The lowest BCUT2D eigenvalue weighted by atomic mass is 10.1. The summed E-state index contributed by atoms with van der Waals surface area (Å²) in [6.45, 7) is 2.68. The number of quaternary nitrogens is 1. The molecule has 1 amide bonds. The van der Waals surface area contributed by atoms with E-state index in [1.54, 1.807) is 18.2 Å². The zero-order valence-corrected chi connectivity index (χ0v) is 17.1. The summed E-state index contributed by atoms with van der Waals surface area (Å²) in [5, 5.41) is 2.82. The van der Waals surface area contributed by atoms with E-state index in [1.165, 1.54) is 10.4 Å². The quantitative estimate of drug-likeness (QED) is 0.642. The van der Waals surface area contributed by atoms with Crippen molar-refractivity contribution in [3.8, 4) is 0 Å². The number of hydrogen-bond acceptors (Lipinski definition) is 3. The number of benzene rings is 2. The van der Waals surface area contributed by atoms with Crippen LogP contribution in [0.1, 0.15) is 11.1 Å². The monoisotopic (exact) mass is 420 g/mol. The van der Waals surface area contributed by atoms with Crippen LogP contribution in [0.15, 0.2) is 54.6 Å². The summed E-state index contributed by atoms with van der Waals surface area (Å²) in [5.41, 5.74) is 1.36. The lowest BCUT2D eigenvalue weighted by Crippen LogP contribution is -3.15. The second kappa shape index (κ2) is 9.96. The Kier molecular flexibility index (Phi) is 7.35. The minimum absolute atomic E-state index is 0.000293. The van der Waals surface area contributed by atoms with Gasteiger partial charge in [-0.1, -0.05) is 48.5 Å². The normalized spacial score (nSPS) is 15.9. The molecule has 1 aliphatic rings. The van der Waals surface area contributed by atoms with Crippen molar-refractivity contribution in [2.75, 3.05) is 39.3 Å². The third-order valence-electron chi connectivity index (χ3n) is 5.10. The summed E-state index contributed by atoms with van der Waals surface area (Å²) in [7, 11) is -3.35. The average Bonchev–Trinajstić information content (AvgIpc) is 2.70. The van der Waals surface area contributed by atoms with E-state index >= 15 is 0 Å². The van der Waals surface area contributed by atoms with Crippen LogP contribution in [0.2, 0.25) is 0 Å². The predicted octanol–water partition coefficient (Wildman–Crippen LogP) is 0.215. The summed E-state index contributed by atoms with van der Waals surface area (Å²) in [5.74, 6) is -0.364. The number of piperazine rings is 1. The van der Waals surface area contributed by atoms with Crippen molar-refractivity contribution in [2.24, 2.45) is 0 Å². The molecule has 0 spiro atoms. The molecule has 156 valence electrons. The van der Waals surface area contributed by atoms with Gasteiger partial charge in [-0.2, -0.15) is 4.31 Å². The lowest BCUT2D eigenvalue weighted by molar-refractivity contribution is -0.895. The molecule has 1 heterocycles. The van der Waals surface area contributed by atoms with E-state index < -0.39 is 10.0 Å². The SMILES string of the molecule is O=C(C[NH+]1CCN(S(=O)(=O)Cc2ccccc2)CC1)NCCc1ccccc1F. The number of carbonyl (C=O) groups excluding carboxylic acids is 1. The van der Waals surface area contributed by atoms with Gasteiger partial charge in [0.25, 0.3) is 5.91 Å². The van der Waals surface area contributed by atoms with Crippen LogP contribution in [-0.4, -0.2) is 57.9 Å². The molecule has 3 rings (SSSR count). The molecule has 1 saturated heterocycles. The molecule has 0 aromatic heterocycles. The van der Waals surface area contributed by atoms with E-state index in [0.29, 0.717) is 51.3 Å². The van der Waals surface area contributed by atoms with Crippen LogP contribution in [0.5, 0.6) is 0 Å². The van der Waals surface area contributed by atoms with Crippen molar-refractivity contribution in [1.82, 2.24) is 9.62 Å². The zero-order chi connectivity index (χ0) is 20.7. The smallest absolute Gasteiger partial charge is 0.275 e. The lowest BCUT2D eigenvalue weighted by Gasteiger charge is -2.31. The van der Waals surface area contributed by atoms with Crippen molar-refractivity contribution in [3.63, 3.8) is 0 Å². The molecule has 29 heavy (non-hydrogen) atoms. The number of nitrogens with one attached hydrogen (secondary N) is 2. The highest BCUT2D eigenvalue weighted by Gasteiger charge is 2.29. The molecular formula is C21H27FN3O3S+. The molecule has 0 atom stereocenters. The molecule has 0 radical (unpaired) electrons. The fourth-order valence-electron chi connectivity index (χ4n) is 3.46. The van der Waals surface area contributed by atoms with Gasteiger partial charge in [-0.25, -0.2) is 12.8 Å². The topological polar surface area (TPSA) is 70.9 Å². The average molecular weight is 421 g/mol. The van der Waals surface area contributed by atoms with E-state index in [4.69, 9.17) is 0 Å². The van der Waals surface area contributed by atoms with Gasteiger partial charge in [-0.15, -0.1) is 0 Å². The molecule has 0 saturated carbocycles. The molecule has 2 N–H and O–H groups in total. The Bertz CT molecular complexity index is 914. The van der Waals surface area contributed by atoms with Gasteiger partial charge in [0.2, 0.25) is 10.0 Å². The van der Waals surface area contributed by atoms with Crippen LogP contribution in [0.25, 0.3) is 0 Å². The van der Waals surface area contributed by atoms with Gasteiger partial charge in [0, 0.05) is 6.54 Å². The maximum atomic E-state index is 13.6. The maximum absolute atomic E-state index is 13.6.